The Morgan fingerprint density at radius 2 is 2.04 bits per heavy atom. The number of aldehydes is 1. The van der Waals surface area contributed by atoms with Gasteiger partial charge in [-0.1, -0.05) is 24.3 Å². The molecule has 0 N–H and O–H groups in total. The van der Waals surface area contributed by atoms with Crippen LogP contribution in [0.3, 0.4) is 0 Å². The summed E-state index contributed by atoms with van der Waals surface area (Å²) in [7, 11) is 0. The Bertz CT molecular complexity index is 638. The lowest BCUT2D eigenvalue weighted by Gasteiger charge is -2.25. The lowest BCUT2D eigenvalue weighted by molar-refractivity contribution is -0.112. The molecule has 1 heterocycles. The molecule has 4 heteroatoms. The number of amides is 1. The molecule has 1 aromatic carbocycles. The van der Waals surface area contributed by atoms with Gasteiger partial charge in [-0.05, 0) is 55.7 Å². The van der Waals surface area contributed by atoms with Crippen LogP contribution < -0.4 is 0 Å². The molecule has 1 unspecified atom stereocenters. The maximum atomic E-state index is 11.7. The zero-order valence-corrected chi connectivity index (χ0v) is 13.6. The molecule has 1 saturated heterocycles. The van der Waals surface area contributed by atoms with Gasteiger partial charge >= 0.3 is 6.09 Å². The summed E-state index contributed by atoms with van der Waals surface area (Å²) in [5, 5.41) is 0. The molecule has 0 spiro atoms. The zero-order chi connectivity index (χ0) is 16.3. The molecular formula is C19H23NO3. The number of rotatable bonds is 5. The van der Waals surface area contributed by atoms with E-state index in [1.165, 1.54) is 28.9 Å². The van der Waals surface area contributed by atoms with Gasteiger partial charge in [-0.25, -0.2) is 4.79 Å². The van der Waals surface area contributed by atoms with E-state index in [1.807, 2.05) is 13.0 Å². The van der Waals surface area contributed by atoms with Gasteiger partial charge in [-0.3, -0.25) is 4.90 Å². The molecule has 23 heavy (non-hydrogen) atoms. The number of ether oxygens (including phenoxy) is 1. The fourth-order valence-electron chi connectivity index (χ4n) is 3.29. The van der Waals surface area contributed by atoms with Crippen molar-refractivity contribution in [3.05, 3.63) is 47.2 Å². The van der Waals surface area contributed by atoms with Crippen LogP contribution >= 0.6 is 0 Å². The molecular weight excluding hydrogens is 290 g/mol. The zero-order valence-electron chi connectivity index (χ0n) is 13.6. The minimum absolute atomic E-state index is 0.317. The summed E-state index contributed by atoms with van der Waals surface area (Å²) < 4.78 is 4.89. The molecule has 1 amide bonds. The first-order valence-corrected chi connectivity index (χ1v) is 8.31. The monoisotopic (exact) mass is 313 g/mol. The van der Waals surface area contributed by atoms with Crippen LogP contribution in [-0.2, 0) is 27.8 Å². The summed E-state index contributed by atoms with van der Waals surface area (Å²) in [5.74, 6) is 0. The molecule has 122 valence electrons. The number of hydrogen-bond donors (Lipinski definition) is 0. The highest BCUT2D eigenvalue weighted by atomic mass is 16.6. The Morgan fingerprint density at radius 1 is 1.26 bits per heavy atom. The van der Waals surface area contributed by atoms with Gasteiger partial charge < -0.3 is 9.53 Å². The highest BCUT2D eigenvalue weighted by molar-refractivity contribution is 5.71. The van der Waals surface area contributed by atoms with Crippen LogP contribution in [0.15, 0.2) is 30.5 Å². The Labute approximate surface area is 137 Å². The third kappa shape index (κ3) is 3.31. The number of cyclic esters (lactones) is 1. The predicted molar refractivity (Wildman–Crippen MR) is 88.3 cm³/mol. The number of allylic oxidation sites excluding steroid dienone is 1. The summed E-state index contributed by atoms with van der Waals surface area (Å²) >= 11 is 0. The lowest BCUT2D eigenvalue weighted by atomic mass is 9.78. The van der Waals surface area contributed by atoms with Gasteiger partial charge in [0.05, 0.1) is 12.0 Å². The number of carbonyl (C=O) groups is 2. The molecule has 0 aromatic heterocycles. The second-order valence-electron chi connectivity index (χ2n) is 6.62. The van der Waals surface area contributed by atoms with Crippen molar-refractivity contribution >= 4 is 12.4 Å². The SMILES string of the molecule is CC(C=O)(C/C=C/N1CCOC1=O)c1ccc2c(c1)CCCC2. The van der Waals surface area contributed by atoms with E-state index in [9.17, 15) is 9.59 Å². The Hall–Kier alpha value is -2.10. The molecule has 4 nitrogen and oxygen atoms in total. The van der Waals surface area contributed by atoms with Crippen LogP contribution in [0.4, 0.5) is 4.79 Å². The van der Waals surface area contributed by atoms with Gasteiger partial charge in [-0.2, -0.15) is 0 Å². The summed E-state index contributed by atoms with van der Waals surface area (Å²) in [6.07, 6.45) is 9.62. The molecule has 2 aliphatic rings. The third-order valence-electron chi connectivity index (χ3n) is 4.89. The van der Waals surface area contributed by atoms with Gasteiger partial charge in [0, 0.05) is 6.20 Å². The fourth-order valence-corrected chi connectivity index (χ4v) is 3.29. The van der Waals surface area contributed by atoms with Crippen molar-refractivity contribution in [3.8, 4) is 0 Å². The van der Waals surface area contributed by atoms with Gasteiger partial charge in [0.2, 0.25) is 0 Å². The smallest absolute Gasteiger partial charge is 0.413 e. The van der Waals surface area contributed by atoms with Gasteiger partial charge in [-0.15, -0.1) is 0 Å². The predicted octanol–water partition coefficient (Wildman–Crippen LogP) is 3.38. The topological polar surface area (TPSA) is 46.6 Å². The van der Waals surface area contributed by atoms with Crippen LogP contribution in [0.25, 0.3) is 0 Å². The van der Waals surface area contributed by atoms with Crippen molar-refractivity contribution in [1.82, 2.24) is 4.90 Å². The van der Waals surface area contributed by atoms with E-state index in [2.05, 4.69) is 18.2 Å². The van der Waals surface area contributed by atoms with E-state index in [0.29, 0.717) is 19.6 Å². The maximum absolute atomic E-state index is 11.7. The number of aryl methyl sites for hydroxylation is 2. The molecule has 1 aliphatic carbocycles. The minimum Gasteiger partial charge on any atom is -0.447 e. The van der Waals surface area contributed by atoms with E-state index in [1.54, 1.807) is 6.20 Å². The standard InChI is InChI=1S/C19H23NO3/c1-19(14-21,9-4-10-20-11-12-23-18(20)22)17-8-7-15-5-2-3-6-16(15)13-17/h4,7-8,10,13-14H,2-3,5-6,9,11-12H2,1H3/b10-4+. The first-order valence-electron chi connectivity index (χ1n) is 8.31. The Balaban J connectivity index is 1.75. The van der Waals surface area contributed by atoms with E-state index in [4.69, 9.17) is 4.74 Å². The minimum atomic E-state index is -0.563. The van der Waals surface area contributed by atoms with Gasteiger partial charge in [0.1, 0.15) is 12.9 Å². The van der Waals surface area contributed by atoms with Crippen molar-refractivity contribution in [2.75, 3.05) is 13.2 Å². The third-order valence-corrected chi connectivity index (χ3v) is 4.89. The summed E-state index contributed by atoms with van der Waals surface area (Å²) in [5.41, 5.74) is 3.30. The van der Waals surface area contributed by atoms with Gasteiger partial charge in [0.25, 0.3) is 0 Å². The number of carbonyl (C=O) groups excluding carboxylic acids is 2. The number of benzene rings is 1. The second kappa shape index (κ2) is 6.57. The molecule has 1 aliphatic heterocycles. The molecule has 0 radical (unpaired) electrons. The van der Waals surface area contributed by atoms with Crippen LogP contribution in [0, 0.1) is 0 Å². The van der Waals surface area contributed by atoms with Crippen molar-refractivity contribution < 1.29 is 14.3 Å². The molecule has 1 fully saturated rings. The van der Waals surface area contributed by atoms with E-state index in [0.717, 1.165) is 24.7 Å². The van der Waals surface area contributed by atoms with Crippen LogP contribution in [0.5, 0.6) is 0 Å². The highest BCUT2D eigenvalue weighted by Crippen LogP contribution is 2.30. The molecule has 1 aromatic rings. The van der Waals surface area contributed by atoms with Crippen molar-refractivity contribution in [3.63, 3.8) is 0 Å². The van der Waals surface area contributed by atoms with Crippen LogP contribution in [0.2, 0.25) is 0 Å². The quantitative estimate of drug-likeness (QED) is 0.783. The number of fused-ring (bicyclic) bond motifs is 1. The van der Waals surface area contributed by atoms with E-state index in [-0.39, 0.29) is 6.09 Å². The first kappa shape index (κ1) is 15.8. The highest BCUT2D eigenvalue weighted by Gasteiger charge is 2.26. The van der Waals surface area contributed by atoms with Crippen LogP contribution in [0.1, 0.15) is 42.9 Å². The van der Waals surface area contributed by atoms with E-state index < -0.39 is 5.41 Å². The Kier molecular flexibility index (Phi) is 4.51. The van der Waals surface area contributed by atoms with Crippen LogP contribution in [-0.4, -0.2) is 30.4 Å². The summed E-state index contributed by atoms with van der Waals surface area (Å²) in [4.78, 5) is 24.7. The fraction of sp³-hybridized carbons (Fsp3) is 0.474. The van der Waals surface area contributed by atoms with E-state index >= 15 is 0 Å². The molecule has 0 saturated carbocycles. The largest absolute Gasteiger partial charge is 0.447 e. The van der Waals surface area contributed by atoms with Crippen molar-refractivity contribution in [2.45, 2.75) is 44.4 Å². The normalized spacial score (nSPS) is 20.2. The molecule has 3 rings (SSSR count). The summed E-state index contributed by atoms with van der Waals surface area (Å²) in [6.45, 7) is 2.96. The Morgan fingerprint density at radius 3 is 2.74 bits per heavy atom. The number of hydrogen-bond acceptors (Lipinski definition) is 3. The average Bonchev–Trinajstić information content (AvgIpc) is 2.99. The number of nitrogens with zero attached hydrogens (tertiary/aromatic N) is 1. The average molecular weight is 313 g/mol. The molecule has 0 bridgehead atoms. The van der Waals surface area contributed by atoms with Gasteiger partial charge in [0.15, 0.2) is 0 Å². The molecule has 1 atom stereocenters. The lowest BCUT2D eigenvalue weighted by Crippen LogP contribution is -2.24. The second-order valence-corrected chi connectivity index (χ2v) is 6.62. The van der Waals surface area contributed by atoms with Crippen molar-refractivity contribution in [2.24, 2.45) is 0 Å². The summed E-state index contributed by atoms with van der Waals surface area (Å²) in [6, 6.07) is 6.45. The van der Waals surface area contributed by atoms with Crippen molar-refractivity contribution in [1.29, 1.82) is 0 Å². The maximum Gasteiger partial charge on any atom is 0.413 e. The first-order chi connectivity index (χ1) is 11.1.